The Labute approximate surface area is 78.5 Å². The minimum absolute atomic E-state index is 0.00963. The van der Waals surface area contributed by atoms with Gasteiger partial charge in [-0.25, -0.2) is 4.98 Å². The summed E-state index contributed by atoms with van der Waals surface area (Å²) in [4.78, 5) is 3.79. The zero-order valence-electron chi connectivity index (χ0n) is 8.23. The highest BCUT2D eigenvalue weighted by atomic mass is 16.3. The topological polar surface area (TPSA) is 61.8 Å². The van der Waals surface area contributed by atoms with Gasteiger partial charge in [-0.05, 0) is 6.92 Å². The van der Waals surface area contributed by atoms with E-state index in [1.54, 1.807) is 17.1 Å². The largest absolute Gasteiger partial charge is 0.394 e. The van der Waals surface area contributed by atoms with Gasteiger partial charge in [0.15, 0.2) is 5.69 Å². The summed E-state index contributed by atoms with van der Waals surface area (Å²) in [5.74, 6) is 0. The predicted molar refractivity (Wildman–Crippen MR) is 50.1 cm³/mol. The van der Waals surface area contributed by atoms with Gasteiger partial charge in [0.05, 0.1) is 19.0 Å². The molecule has 1 heterocycles. The van der Waals surface area contributed by atoms with E-state index in [2.05, 4.69) is 4.98 Å². The fourth-order valence-corrected chi connectivity index (χ4v) is 0.730. The fraction of sp³-hybridized carbons (Fsp3) is 0.556. The second kappa shape index (κ2) is 6.21. The van der Waals surface area contributed by atoms with Gasteiger partial charge in [-0.1, -0.05) is 13.8 Å². The molecule has 0 saturated heterocycles. The normalized spacial score (nSPS) is 11.0. The summed E-state index contributed by atoms with van der Waals surface area (Å²) in [5.41, 5.74) is 0.380. The molecule has 0 aliphatic carbocycles. The molecule has 1 rings (SSSR count). The maximum atomic E-state index is 8.74. The summed E-state index contributed by atoms with van der Waals surface area (Å²) in [5, 5.41) is 17.2. The molecule has 0 amide bonds. The van der Waals surface area contributed by atoms with Crippen molar-refractivity contribution in [2.75, 3.05) is 6.61 Å². The van der Waals surface area contributed by atoms with Crippen LogP contribution in [0, 0.1) is 11.3 Å². The number of nitrogens with zero attached hydrogens (tertiary/aromatic N) is 3. The number of hydrogen-bond donors (Lipinski definition) is 1. The molecule has 1 atom stereocenters. The van der Waals surface area contributed by atoms with Crippen molar-refractivity contribution in [2.24, 2.45) is 0 Å². The standard InChI is InChI=1S/C7H9N3O.C2H6/c1-6(4-11)10-3-7(2-8)9-5-10;1-2/h3,5-6,11H,4H2,1H3;1-2H3/t6-;/m0./s1. The Kier molecular flexibility index (Phi) is 5.57. The van der Waals surface area contributed by atoms with Crippen LogP contribution < -0.4 is 0 Å². The minimum atomic E-state index is -0.00963. The number of hydrogen-bond acceptors (Lipinski definition) is 3. The lowest BCUT2D eigenvalue weighted by Crippen LogP contribution is -2.06. The summed E-state index contributed by atoms with van der Waals surface area (Å²) >= 11 is 0. The summed E-state index contributed by atoms with van der Waals surface area (Å²) in [6.45, 7) is 5.91. The second-order valence-electron chi connectivity index (χ2n) is 2.35. The van der Waals surface area contributed by atoms with Crippen LogP contribution in [0.1, 0.15) is 32.5 Å². The number of aliphatic hydroxyl groups is 1. The van der Waals surface area contributed by atoms with Crippen LogP contribution in [0.2, 0.25) is 0 Å². The van der Waals surface area contributed by atoms with Gasteiger partial charge in [-0.3, -0.25) is 0 Å². The molecule has 1 N–H and O–H groups in total. The molecule has 4 nitrogen and oxygen atoms in total. The minimum Gasteiger partial charge on any atom is -0.394 e. The van der Waals surface area contributed by atoms with Crippen LogP contribution in [-0.4, -0.2) is 21.3 Å². The van der Waals surface area contributed by atoms with E-state index in [0.29, 0.717) is 5.69 Å². The molecule has 0 unspecified atom stereocenters. The number of rotatable bonds is 2. The van der Waals surface area contributed by atoms with E-state index in [0.717, 1.165) is 0 Å². The van der Waals surface area contributed by atoms with Crippen molar-refractivity contribution in [3.8, 4) is 6.07 Å². The molecule has 0 spiro atoms. The first-order chi connectivity index (χ1) is 6.27. The first kappa shape index (κ1) is 11.7. The van der Waals surface area contributed by atoms with E-state index in [4.69, 9.17) is 10.4 Å². The lowest BCUT2D eigenvalue weighted by atomic mass is 10.4. The zero-order chi connectivity index (χ0) is 10.3. The summed E-state index contributed by atoms with van der Waals surface area (Å²) in [6, 6.07) is 1.90. The fourth-order valence-electron chi connectivity index (χ4n) is 0.730. The molecule has 0 radical (unpaired) electrons. The molecule has 72 valence electrons. The Morgan fingerprint density at radius 3 is 2.69 bits per heavy atom. The van der Waals surface area contributed by atoms with Crippen LogP contribution >= 0.6 is 0 Å². The second-order valence-corrected chi connectivity index (χ2v) is 2.35. The Morgan fingerprint density at radius 2 is 2.31 bits per heavy atom. The van der Waals surface area contributed by atoms with Gasteiger partial charge < -0.3 is 9.67 Å². The summed E-state index contributed by atoms with van der Waals surface area (Å²) in [7, 11) is 0. The predicted octanol–water partition coefficient (Wildman–Crippen LogP) is 1.33. The van der Waals surface area contributed by atoms with E-state index in [1.807, 2.05) is 26.8 Å². The van der Waals surface area contributed by atoms with Gasteiger partial charge in [-0.2, -0.15) is 5.26 Å². The monoisotopic (exact) mass is 181 g/mol. The molecule has 1 aromatic rings. The average molecular weight is 181 g/mol. The molecule has 4 heteroatoms. The molecule has 0 aromatic carbocycles. The van der Waals surface area contributed by atoms with Gasteiger partial charge in [0, 0.05) is 6.20 Å². The Bertz CT molecular complexity index is 275. The van der Waals surface area contributed by atoms with Crippen LogP contribution in [0.25, 0.3) is 0 Å². The van der Waals surface area contributed by atoms with Crippen LogP contribution in [-0.2, 0) is 0 Å². The van der Waals surface area contributed by atoms with Crippen LogP contribution in [0.4, 0.5) is 0 Å². The first-order valence-electron chi connectivity index (χ1n) is 4.32. The van der Waals surface area contributed by atoms with Crippen LogP contribution in [0.15, 0.2) is 12.5 Å². The molecule has 1 aromatic heterocycles. The third-order valence-electron chi connectivity index (χ3n) is 1.49. The van der Waals surface area contributed by atoms with Crippen molar-refractivity contribution in [3.05, 3.63) is 18.2 Å². The van der Waals surface area contributed by atoms with Gasteiger partial charge in [0.2, 0.25) is 0 Å². The highest BCUT2D eigenvalue weighted by Crippen LogP contribution is 2.04. The van der Waals surface area contributed by atoms with Crippen molar-refractivity contribution in [1.82, 2.24) is 9.55 Å². The number of imidazole rings is 1. The molecule has 0 aliphatic rings. The molecular weight excluding hydrogens is 166 g/mol. The Morgan fingerprint density at radius 1 is 1.69 bits per heavy atom. The van der Waals surface area contributed by atoms with Crippen molar-refractivity contribution in [1.29, 1.82) is 5.26 Å². The van der Waals surface area contributed by atoms with Gasteiger partial charge in [0.1, 0.15) is 6.07 Å². The maximum absolute atomic E-state index is 8.74. The third-order valence-corrected chi connectivity index (χ3v) is 1.49. The Hall–Kier alpha value is -1.34. The quantitative estimate of drug-likeness (QED) is 0.748. The number of nitriles is 1. The molecule has 0 aliphatic heterocycles. The SMILES string of the molecule is CC.C[C@@H](CO)n1cnc(C#N)c1. The van der Waals surface area contributed by atoms with E-state index in [1.165, 1.54) is 0 Å². The van der Waals surface area contributed by atoms with Crippen molar-refractivity contribution in [2.45, 2.75) is 26.8 Å². The molecule has 13 heavy (non-hydrogen) atoms. The van der Waals surface area contributed by atoms with Crippen molar-refractivity contribution >= 4 is 0 Å². The Balaban J connectivity index is 0.000000671. The highest BCUT2D eigenvalue weighted by Gasteiger charge is 2.02. The van der Waals surface area contributed by atoms with E-state index >= 15 is 0 Å². The van der Waals surface area contributed by atoms with Crippen LogP contribution in [0.3, 0.4) is 0 Å². The molecule has 0 bridgehead atoms. The van der Waals surface area contributed by atoms with Gasteiger partial charge in [-0.15, -0.1) is 0 Å². The third kappa shape index (κ3) is 3.26. The number of aromatic nitrogens is 2. The molecule has 0 saturated carbocycles. The molecular formula is C9H15N3O. The summed E-state index contributed by atoms with van der Waals surface area (Å²) in [6.07, 6.45) is 3.15. The van der Waals surface area contributed by atoms with Crippen molar-refractivity contribution in [3.63, 3.8) is 0 Å². The zero-order valence-corrected chi connectivity index (χ0v) is 8.23. The van der Waals surface area contributed by atoms with E-state index < -0.39 is 0 Å². The van der Waals surface area contributed by atoms with Gasteiger partial charge in [0.25, 0.3) is 0 Å². The van der Waals surface area contributed by atoms with Gasteiger partial charge >= 0.3 is 0 Å². The number of aliphatic hydroxyl groups excluding tert-OH is 1. The highest BCUT2D eigenvalue weighted by molar-refractivity contribution is 5.15. The summed E-state index contributed by atoms with van der Waals surface area (Å²) < 4.78 is 1.71. The molecule has 0 fully saturated rings. The lowest BCUT2D eigenvalue weighted by molar-refractivity contribution is 0.238. The average Bonchev–Trinajstić information content (AvgIpc) is 2.68. The first-order valence-corrected chi connectivity index (χ1v) is 4.32. The lowest BCUT2D eigenvalue weighted by Gasteiger charge is -2.07. The van der Waals surface area contributed by atoms with Crippen LogP contribution in [0.5, 0.6) is 0 Å². The van der Waals surface area contributed by atoms with E-state index in [9.17, 15) is 0 Å². The van der Waals surface area contributed by atoms with Crippen molar-refractivity contribution < 1.29 is 5.11 Å². The smallest absolute Gasteiger partial charge is 0.158 e. The van der Waals surface area contributed by atoms with E-state index in [-0.39, 0.29) is 12.6 Å². The maximum Gasteiger partial charge on any atom is 0.158 e.